The summed E-state index contributed by atoms with van der Waals surface area (Å²) in [7, 11) is 0. The van der Waals surface area contributed by atoms with E-state index in [4.69, 9.17) is 14.2 Å². The molecule has 0 unspecified atom stereocenters. The standard InChI is InChI=1S/C29H31NO5/c1-21(33-19-22-12-7-5-8-13-22)24-16-11-17-25(30-18-26(31)35-29(2,3)4)27(24)28(32)34-20-23-14-9-6-10-15-23/h5-17,30H,1,18-20H2,2-4H3. The number of hydrogen-bond donors (Lipinski definition) is 1. The Hall–Kier alpha value is -4.06. The molecule has 0 heterocycles. The molecule has 0 spiro atoms. The van der Waals surface area contributed by atoms with Crippen molar-refractivity contribution in [3.63, 3.8) is 0 Å². The third kappa shape index (κ3) is 8.03. The summed E-state index contributed by atoms with van der Waals surface area (Å²) in [6.45, 7) is 9.72. The maximum atomic E-state index is 13.2. The molecular formula is C29H31NO5. The van der Waals surface area contributed by atoms with Crippen LogP contribution in [-0.2, 0) is 32.2 Å². The van der Waals surface area contributed by atoms with E-state index in [0.717, 1.165) is 11.1 Å². The molecule has 0 amide bonds. The number of carbonyl (C=O) groups excluding carboxylic acids is 2. The molecular weight excluding hydrogens is 442 g/mol. The normalized spacial score (nSPS) is 10.8. The summed E-state index contributed by atoms with van der Waals surface area (Å²) in [6.07, 6.45) is 0. The number of ether oxygens (including phenoxy) is 3. The molecule has 3 aromatic carbocycles. The second-order valence-corrected chi connectivity index (χ2v) is 8.93. The highest BCUT2D eigenvalue weighted by molar-refractivity contribution is 6.00. The predicted molar refractivity (Wildman–Crippen MR) is 137 cm³/mol. The fourth-order valence-corrected chi connectivity index (χ4v) is 3.31. The summed E-state index contributed by atoms with van der Waals surface area (Å²) < 4.78 is 16.9. The van der Waals surface area contributed by atoms with Crippen LogP contribution in [0.1, 0.15) is 47.8 Å². The van der Waals surface area contributed by atoms with Gasteiger partial charge in [-0.1, -0.05) is 79.4 Å². The van der Waals surface area contributed by atoms with Crippen LogP contribution in [0, 0.1) is 0 Å². The minimum atomic E-state index is -0.613. The van der Waals surface area contributed by atoms with Gasteiger partial charge in [-0.25, -0.2) is 4.79 Å². The second-order valence-electron chi connectivity index (χ2n) is 8.93. The second kappa shape index (κ2) is 11.9. The van der Waals surface area contributed by atoms with Crippen LogP contribution in [0.15, 0.2) is 85.4 Å². The fourth-order valence-electron chi connectivity index (χ4n) is 3.31. The van der Waals surface area contributed by atoms with E-state index in [-0.39, 0.29) is 18.7 Å². The van der Waals surface area contributed by atoms with Crippen molar-refractivity contribution < 1.29 is 23.8 Å². The summed E-state index contributed by atoms with van der Waals surface area (Å²) in [6, 6.07) is 24.3. The van der Waals surface area contributed by atoms with Gasteiger partial charge in [0, 0.05) is 11.3 Å². The predicted octanol–water partition coefficient (Wildman–Crippen LogP) is 5.98. The van der Waals surface area contributed by atoms with Gasteiger partial charge in [-0.15, -0.1) is 0 Å². The SMILES string of the molecule is C=C(OCc1ccccc1)c1cccc(NCC(=O)OC(C)(C)C)c1C(=O)OCc1ccccc1. The first-order valence-electron chi connectivity index (χ1n) is 11.4. The number of esters is 2. The van der Waals surface area contributed by atoms with Gasteiger partial charge in [-0.2, -0.15) is 0 Å². The summed E-state index contributed by atoms with van der Waals surface area (Å²) in [5.74, 6) is -0.673. The van der Waals surface area contributed by atoms with Crippen LogP contribution in [0.5, 0.6) is 0 Å². The van der Waals surface area contributed by atoms with Gasteiger partial charge in [0.15, 0.2) is 0 Å². The zero-order chi connectivity index (χ0) is 25.3. The highest BCUT2D eigenvalue weighted by atomic mass is 16.6. The van der Waals surface area contributed by atoms with Gasteiger partial charge >= 0.3 is 11.9 Å². The summed E-state index contributed by atoms with van der Waals surface area (Å²) in [5, 5.41) is 3.01. The van der Waals surface area contributed by atoms with Crippen molar-refractivity contribution in [2.45, 2.75) is 39.6 Å². The maximum Gasteiger partial charge on any atom is 0.341 e. The van der Waals surface area contributed by atoms with E-state index < -0.39 is 17.5 Å². The summed E-state index contributed by atoms with van der Waals surface area (Å²) in [4.78, 5) is 25.5. The first-order valence-corrected chi connectivity index (χ1v) is 11.4. The highest BCUT2D eigenvalue weighted by Crippen LogP contribution is 2.28. The molecule has 0 radical (unpaired) electrons. The Bertz CT molecular complexity index is 1150. The van der Waals surface area contributed by atoms with Gasteiger partial charge in [0.1, 0.15) is 31.1 Å². The zero-order valence-electron chi connectivity index (χ0n) is 20.4. The fraction of sp³-hybridized carbons (Fsp3) is 0.241. The van der Waals surface area contributed by atoms with Crippen molar-refractivity contribution >= 4 is 23.4 Å². The van der Waals surface area contributed by atoms with Crippen molar-refractivity contribution in [1.29, 1.82) is 0 Å². The molecule has 0 saturated heterocycles. The lowest BCUT2D eigenvalue weighted by Gasteiger charge is -2.21. The van der Waals surface area contributed by atoms with Gasteiger partial charge in [0.05, 0.1) is 5.56 Å². The molecule has 0 fully saturated rings. The van der Waals surface area contributed by atoms with E-state index >= 15 is 0 Å². The zero-order valence-corrected chi connectivity index (χ0v) is 20.4. The monoisotopic (exact) mass is 473 g/mol. The smallest absolute Gasteiger partial charge is 0.341 e. The lowest BCUT2D eigenvalue weighted by molar-refractivity contribution is -0.152. The molecule has 1 N–H and O–H groups in total. The van der Waals surface area contributed by atoms with Crippen molar-refractivity contribution in [3.05, 3.63) is 108 Å². The minimum absolute atomic E-state index is 0.108. The minimum Gasteiger partial charge on any atom is -0.489 e. The topological polar surface area (TPSA) is 73.9 Å². The van der Waals surface area contributed by atoms with Gasteiger partial charge in [-0.05, 0) is 38.0 Å². The van der Waals surface area contributed by atoms with E-state index in [1.165, 1.54) is 0 Å². The molecule has 0 atom stereocenters. The molecule has 6 nitrogen and oxygen atoms in total. The number of rotatable bonds is 10. The highest BCUT2D eigenvalue weighted by Gasteiger charge is 2.22. The van der Waals surface area contributed by atoms with Crippen LogP contribution in [0.4, 0.5) is 5.69 Å². The molecule has 3 rings (SSSR count). The number of carbonyl (C=O) groups is 2. The molecule has 0 aliphatic heterocycles. The van der Waals surface area contributed by atoms with E-state index in [1.54, 1.807) is 39.0 Å². The van der Waals surface area contributed by atoms with Crippen LogP contribution in [0.3, 0.4) is 0 Å². The van der Waals surface area contributed by atoms with Crippen LogP contribution in [0.25, 0.3) is 5.76 Å². The summed E-state index contributed by atoms with van der Waals surface area (Å²) >= 11 is 0. The molecule has 0 aromatic heterocycles. The Morgan fingerprint density at radius 2 is 1.37 bits per heavy atom. The molecule has 182 valence electrons. The largest absolute Gasteiger partial charge is 0.489 e. The van der Waals surface area contributed by atoms with Crippen molar-refractivity contribution in [3.8, 4) is 0 Å². The van der Waals surface area contributed by atoms with Crippen LogP contribution < -0.4 is 5.32 Å². The number of anilines is 1. The molecule has 0 saturated carbocycles. The summed E-state index contributed by atoms with van der Waals surface area (Å²) in [5.41, 5.74) is 2.37. The van der Waals surface area contributed by atoms with Gasteiger partial charge in [-0.3, -0.25) is 4.79 Å². The third-order valence-electron chi connectivity index (χ3n) is 4.88. The Labute approximate surface area is 206 Å². The average molecular weight is 474 g/mol. The van der Waals surface area contributed by atoms with Gasteiger partial charge in [0.25, 0.3) is 0 Å². The quantitative estimate of drug-likeness (QED) is 0.288. The molecule has 3 aromatic rings. The van der Waals surface area contributed by atoms with Crippen LogP contribution in [-0.4, -0.2) is 24.1 Å². The molecule has 0 aliphatic rings. The van der Waals surface area contributed by atoms with Crippen molar-refractivity contribution in [2.24, 2.45) is 0 Å². The van der Waals surface area contributed by atoms with E-state index in [0.29, 0.717) is 23.6 Å². The van der Waals surface area contributed by atoms with E-state index in [2.05, 4.69) is 11.9 Å². The van der Waals surface area contributed by atoms with E-state index in [1.807, 2.05) is 60.7 Å². The molecule has 35 heavy (non-hydrogen) atoms. The van der Waals surface area contributed by atoms with Crippen LogP contribution in [0.2, 0.25) is 0 Å². The van der Waals surface area contributed by atoms with Crippen molar-refractivity contribution in [1.82, 2.24) is 0 Å². The Balaban J connectivity index is 1.82. The van der Waals surface area contributed by atoms with Gasteiger partial charge in [0.2, 0.25) is 0 Å². The lowest BCUT2D eigenvalue weighted by atomic mass is 10.0. The Morgan fingerprint density at radius 1 is 0.800 bits per heavy atom. The average Bonchev–Trinajstić information content (AvgIpc) is 2.84. The Kier molecular flexibility index (Phi) is 8.68. The molecule has 0 bridgehead atoms. The number of hydrogen-bond acceptors (Lipinski definition) is 6. The number of benzene rings is 3. The van der Waals surface area contributed by atoms with Crippen LogP contribution >= 0.6 is 0 Å². The van der Waals surface area contributed by atoms with Gasteiger partial charge < -0.3 is 19.5 Å². The third-order valence-corrected chi connectivity index (χ3v) is 4.88. The first-order chi connectivity index (χ1) is 16.7. The first kappa shape index (κ1) is 25.6. The van der Waals surface area contributed by atoms with E-state index in [9.17, 15) is 9.59 Å². The number of nitrogens with one attached hydrogen (secondary N) is 1. The molecule has 6 heteroatoms. The Morgan fingerprint density at radius 3 is 1.94 bits per heavy atom. The molecule has 0 aliphatic carbocycles. The van der Waals surface area contributed by atoms with Crippen molar-refractivity contribution in [2.75, 3.05) is 11.9 Å². The maximum absolute atomic E-state index is 13.2. The lowest BCUT2D eigenvalue weighted by Crippen LogP contribution is -2.28.